The zero-order valence-corrected chi connectivity index (χ0v) is 14.8. The van der Waals surface area contributed by atoms with Crippen LogP contribution in [-0.2, 0) is 4.74 Å². The van der Waals surface area contributed by atoms with Gasteiger partial charge >= 0.3 is 6.09 Å². The van der Waals surface area contributed by atoms with Crippen LogP contribution >= 0.6 is 22.6 Å². The maximum absolute atomic E-state index is 12.5. The molecular formula is C15H19IN2O4. The van der Waals surface area contributed by atoms with E-state index in [4.69, 9.17) is 9.47 Å². The van der Waals surface area contributed by atoms with Crippen molar-refractivity contribution in [3.05, 3.63) is 27.3 Å². The number of nitrogens with zero attached hydrogens (tertiary/aromatic N) is 2. The molecule has 1 saturated heterocycles. The lowest BCUT2D eigenvalue weighted by Gasteiger charge is -2.34. The quantitative estimate of drug-likeness (QED) is 0.707. The second-order valence-corrected chi connectivity index (χ2v) is 5.99. The van der Waals surface area contributed by atoms with Crippen molar-refractivity contribution in [3.63, 3.8) is 0 Å². The van der Waals surface area contributed by atoms with E-state index in [9.17, 15) is 9.59 Å². The molecule has 0 aliphatic carbocycles. The summed E-state index contributed by atoms with van der Waals surface area (Å²) in [6.07, 6.45) is -0.311. The van der Waals surface area contributed by atoms with Crippen LogP contribution < -0.4 is 4.74 Å². The Balaban J connectivity index is 1.98. The van der Waals surface area contributed by atoms with Crippen LogP contribution in [0.15, 0.2) is 18.2 Å². The standard InChI is InChI=1S/C15H19IN2O4/c1-3-22-15(20)18-8-6-17(7-9-18)14(19)11-4-5-13(21-2)12(16)10-11/h4-5,10H,3,6-9H2,1-2H3. The molecule has 6 nitrogen and oxygen atoms in total. The van der Waals surface area contributed by atoms with Gasteiger partial charge in [0.05, 0.1) is 17.3 Å². The van der Waals surface area contributed by atoms with Gasteiger partial charge in [0, 0.05) is 31.7 Å². The molecule has 1 fully saturated rings. The van der Waals surface area contributed by atoms with Gasteiger partial charge in [-0.1, -0.05) is 0 Å². The Kier molecular flexibility index (Phi) is 5.87. The maximum Gasteiger partial charge on any atom is 0.409 e. The van der Waals surface area contributed by atoms with E-state index in [2.05, 4.69) is 22.6 Å². The predicted octanol–water partition coefficient (Wildman–Crippen LogP) is 2.21. The van der Waals surface area contributed by atoms with Crippen molar-refractivity contribution in [3.8, 4) is 5.75 Å². The van der Waals surface area contributed by atoms with Crippen LogP contribution in [-0.4, -0.2) is 61.7 Å². The normalized spacial score (nSPS) is 14.7. The molecule has 1 aromatic rings. The number of hydrogen-bond donors (Lipinski definition) is 0. The number of halogens is 1. The Bertz CT molecular complexity index is 556. The van der Waals surface area contributed by atoms with Crippen LogP contribution in [0.4, 0.5) is 4.79 Å². The van der Waals surface area contributed by atoms with Gasteiger partial charge in [0.2, 0.25) is 0 Å². The molecule has 2 rings (SSSR count). The molecule has 120 valence electrons. The van der Waals surface area contributed by atoms with Gasteiger partial charge in [-0.3, -0.25) is 4.79 Å². The van der Waals surface area contributed by atoms with Gasteiger partial charge in [-0.2, -0.15) is 0 Å². The molecule has 0 radical (unpaired) electrons. The van der Waals surface area contributed by atoms with Crippen molar-refractivity contribution in [2.24, 2.45) is 0 Å². The molecule has 1 aliphatic heterocycles. The number of amides is 2. The largest absolute Gasteiger partial charge is 0.496 e. The molecule has 22 heavy (non-hydrogen) atoms. The van der Waals surface area contributed by atoms with Crippen molar-refractivity contribution < 1.29 is 19.1 Å². The lowest BCUT2D eigenvalue weighted by molar-refractivity contribution is 0.0570. The molecule has 1 aliphatic rings. The average Bonchev–Trinajstić information content (AvgIpc) is 2.54. The molecule has 2 amide bonds. The molecule has 0 atom stereocenters. The van der Waals surface area contributed by atoms with Crippen LogP contribution in [0.25, 0.3) is 0 Å². The van der Waals surface area contributed by atoms with Gasteiger partial charge in [0.25, 0.3) is 5.91 Å². The SMILES string of the molecule is CCOC(=O)N1CCN(C(=O)c2ccc(OC)c(I)c2)CC1. The summed E-state index contributed by atoms with van der Waals surface area (Å²) in [7, 11) is 1.60. The minimum Gasteiger partial charge on any atom is -0.496 e. The van der Waals surface area contributed by atoms with Gasteiger partial charge < -0.3 is 19.3 Å². The highest BCUT2D eigenvalue weighted by Crippen LogP contribution is 2.22. The molecule has 0 saturated carbocycles. The Morgan fingerprint density at radius 1 is 1.18 bits per heavy atom. The van der Waals surface area contributed by atoms with Gasteiger partial charge in [-0.25, -0.2) is 4.79 Å². The summed E-state index contributed by atoms with van der Waals surface area (Å²) in [6, 6.07) is 5.38. The minimum atomic E-state index is -0.311. The van der Waals surface area contributed by atoms with Crippen molar-refractivity contribution in [2.75, 3.05) is 39.9 Å². The van der Waals surface area contributed by atoms with Crippen LogP contribution in [0.1, 0.15) is 17.3 Å². The molecule has 0 bridgehead atoms. The van der Waals surface area contributed by atoms with E-state index >= 15 is 0 Å². The summed E-state index contributed by atoms with van der Waals surface area (Å²) in [5.74, 6) is 0.730. The Hall–Kier alpha value is -1.51. The van der Waals surface area contributed by atoms with Gasteiger partial charge in [0.15, 0.2) is 0 Å². The maximum atomic E-state index is 12.5. The van der Waals surface area contributed by atoms with Gasteiger partial charge in [-0.05, 0) is 47.7 Å². The van der Waals surface area contributed by atoms with Crippen LogP contribution in [0.5, 0.6) is 5.75 Å². The van der Waals surface area contributed by atoms with Crippen molar-refractivity contribution >= 4 is 34.6 Å². The van der Waals surface area contributed by atoms with E-state index in [1.54, 1.807) is 36.0 Å². The number of ether oxygens (including phenoxy) is 2. The number of carbonyl (C=O) groups is 2. The summed E-state index contributed by atoms with van der Waals surface area (Å²) in [5.41, 5.74) is 0.634. The molecular weight excluding hydrogens is 399 g/mol. The highest BCUT2D eigenvalue weighted by Gasteiger charge is 2.25. The summed E-state index contributed by atoms with van der Waals surface area (Å²) < 4.78 is 11.1. The molecule has 0 spiro atoms. The number of benzene rings is 1. The topological polar surface area (TPSA) is 59.1 Å². The van der Waals surface area contributed by atoms with E-state index in [1.165, 1.54) is 0 Å². The first-order valence-electron chi connectivity index (χ1n) is 7.11. The summed E-state index contributed by atoms with van der Waals surface area (Å²) in [6.45, 7) is 4.17. The zero-order chi connectivity index (χ0) is 16.1. The van der Waals surface area contributed by atoms with E-state index in [-0.39, 0.29) is 12.0 Å². The zero-order valence-electron chi connectivity index (χ0n) is 12.7. The second kappa shape index (κ2) is 7.66. The third-order valence-electron chi connectivity index (χ3n) is 3.49. The Labute approximate surface area is 143 Å². The molecule has 7 heteroatoms. The van der Waals surface area contributed by atoms with E-state index in [0.29, 0.717) is 38.3 Å². The predicted molar refractivity (Wildman–Crippen MR) is 90.2 cm³/mol. The first-order chi connectivity index (χ1) is 10.6. The van der Waals surface area contributed by atoms with Crippen LogP contribution in [0.3, 0.4) is 0 Å². The Morgan fingerprint density at radius 3 is 2.36 bits per heavy atom. The fourth-order valence-electron chi connectivity index (χ4n) is 2.29. The fourth-order valence-corrected chi connectivity index (χ4v) is 3.02. The highest BCUT2D eigenvalue weighted by molar-refractivity contribution is 14.1. The molecule has 1 heterocycles. The third-order valence-corrected chi connectivity index (χ3v) is 4.33. The van der Waals surface area contributed by atoms with E-state index < -0.39 is 0 Å². The summed E-state index contributed by atoms with van der Waals surface area (Å²) in [4.78, 5) is 27.5. The molecule has 0 aromatic heterocycles. The summed E-state index contributed by atoms with van der Waals surface area (Å²) >= 11 is 2.15. The van der Waals surface area contributed by atoms with Crippen molar-refractivity contribution in [1.82, 2.24) is 9.80 Å². The number of rotatable bonds is 3. The monoisotopic (exact) mass is 418 g/mol. The molecule has 0 unspecified atom stereocenters. The van der Waals surface area contributed by atoms with E-state index in [1.807, 2.05) is 6.07 Å². The lowest BCUT2D eigenvalue weighted by atomic mass is 10.1. The first kappa shape index (κ1) is 16.9. The smallest absolute Gasteiger partial charge is 0.409 e. The van der Waals surface area contributed by atoms with Crippen molar-refractivity contribution in [1.29, 1.82) is 0 Å². The summed E-state index contributed by atoms with van der Waals surface area (Å²) in [5, 5.41) is 0. The average molecular weight is 418 g/mol. The number of carbonyl (C=O) groups excluding carboxylic acids is 2. The van der Waals surface area contributed by atoms with Crippen LogP contribution in [0, 0.1) is 3.57 Å². The number of methoxy groups -OCH3 is 1. The third kappa shape index (κ3) is 3.82. The van der Waals surface area contributed by atoms with Gasteiger partial charge in [0.1, 0.15) is 5.75 Å². The minimum absolute atomic E-state index is 0.0240. The second-order valence-electron chi connectivity index (χ2n) is 4.83. The number of hydrogen-bond acceptors (Lipinski definition) is 4. The van der Waals surface area contributed by atoms with Crippen LogP contribution in [0.2, 0.25) is 0 Å². The highest BCUT2D eigenvalue weighted by atomic mass is 127. The Morgan fingerprint density at radius 2 is 1.82 bits per heavy atom. The first-order valence-corrected chi connectivity index (χ1v) is 8.19. The molecule has 0 N–H and O–H groups in total. The molecule has 1 aromatic carbocycles. The lowest BCUT2D eigenvalue weighted by Crippen LogP contribution is -2.50. The van der Waals surface area contributed by atoms with E-state index in [0.717, 1.165) is 9.32 Å². The number of piperazine rings is 1. The van der Waals surface area contributed by atoms with Crippen molar-refractivity contribution in [2.45, 2.75) is 6.92 Å². The fraction of sp³-hybridized carbons (Fsp3) is 0.467. The van der Waals surface area contributed by atoms with Gasteiger partial charge in [-0.15, -0.1) is 0 Å².